The molecule has 1 heterocycles. The Morgan fingerprint density at radius 3 is 2.48 bits per heavy atom. The SMILES string of the molecule is COCCCNC(=O)c1nc(-c2ccccc2)n(-c2ccc(OC)cc2)n1. The first-order chi connectivity index (χ1) is 13.2. The molecular formula is C20H22N4O3. The van der Waals surface area contributed by atoms with Crippen molar-refractivity contribution >= 4 is 5.91 Å². The van der Waals surface area contributed by atoms with Crippen molar-refractivity contribution in [2.75, 3.05) is 27.4 Å². The van der Waals surface area contributed by atoms with Crippen LogP contribution in [-0.4, -0.2) is 48.0 Å². The summed E-state index contributed by atoms with van der Waals surface area (Å²) in [5, 5.41) is 7.25. The van der Waals surface area contributed by atoms with Crippen LogP contribution in [0.5, 0.6) is 5.75 Å². The quantitative estimate of drug-likeness (QED) is 0.620. The van der Waals surface area contributed by atoms with Crippen LogP contribution in [0.4, 0.5) is 0 Å². The van der Waals surface area contributed by atoms with E-state index >= 15 is 0 Å². The molecule has 0 fully saturated rings. The third kappa shape index (κ3) is 4.51. The number of aromatic nitrogens is 3. The molecule has 7 nitrogen and oxygen atoms in total. The summed E-state index contributed by atoms with van der Waals surface area (Å²) >= 11 is 0. The predicted octanol–water partition coefficient (Wildman–Crippen LogP) is 2.71. The highest BCUT2D eigenvalue weighted by molar-refractivity contribution is 5.91. The number of methoxy groups -OCH3 is 2. The number of benzene rings is 2. The standard InChI is InChI=1S/C20H22N4O3/c1-26-14-6-13-21-20(25)18-22-19(15-7-4-3-5-8-15)24(23-18)16-9-11-17(27-2)12-10-16/h3-5,7-12H,6,13-14H2,1-2H3,(H,21,25). The van der Waals surface area contributed by atoms with Gasteiger partial charge in [-0.1, -0.05) is 30.3 Å². The molecule has 0 bridgehead atoms. The normalized spacial score (nSPS) is 10.6. The molecule has 0 aliphatic heterocycles. The summed E-state index contributed by atoms with van der Waals surface area (Å²) in [5.41, 5.74) is 1.67. The van der Waals surface area contributed by atoms with Gasteiger partial charge < -0.3 is 14.8 Å². The van der Waals surface area contributed by atoms with Gasteiger partial charge >= 0.3 is 0 Å². The Bertz CT molecular complexity index is 876. The van der Waals surface area contributed by atoms with Gasteiger partial charge in [-0.3, -0.25) is 4.79 Å². The van der Waals surface area contributed by atoms with Crippen molar-refractivity contribution in [2.45, 2.75) is 6.42 Å². The van der Waals surface area contributed by atoms with Crippen molar-refractivity contribution in [1.82, 2.24) is 20.1 Å². The highest BCUT2D eigenvalue weighted by atomic mass is 16.5. The van der Waals surface area contributed by atoms with E-state index in [0.29, 0.717) is 19.0 Å². The summed E-state index contributed by atoms with van der Waals surface area (Å²) in [6.45, 7) is 1.09. The first-order valence-electron chi connectivity index (χ1n) is 8.67. The zero-order valence-corrected chi connectivity index (χ0v) is 15.4. The number of rotatable bonds is 8. The number of hydrogen-bond donors (Lipinski definition) is 1. The first-order valence-corrected chi connectivity index (χ1v) is 8.67. The van der Waals surface area contributed by atoms with Gasteiger partial charge in [0.25, 0.3) is 5.91 Å². The molecule has 0 aliphatic rings. The van der Waals surface area contributed by atoms with Gasteiger partial charge in [-0.05, 0) is 30.7 Å². The van der Waals surface area contributed by atoms with E-state index in [1.165, 1.54) is 0 Å². The number of amides is 1. The molecule has 3 aromatic rings. The molecule has 1 amide bonds. The van der Waals surface area contributed by atoms with E-state index in [9.17, 15) is 4.79 Å². The number of hydrogen-bond acceptors (Lipinski definition) is 5. The van der Waals surface area contributed by atoms with Crippen molar-refractivity contribution in [1.29, 1.82) is 0 Å². The molecule has 2 aromatic carbocycles. The molecule has 0 aliphatic carbocycles. The van der Waals surface area contributed by atoms with E-state index in [4.69, 9.17) is 9.47 Å². The van der Waals surface area contributed by atoms with Gasteiger partial charge in [0, 0.05) is 25.8 Å². The zero-order chi connectivity index (χ0) is 19.1. The second-order valence-corrected chi connectivity index (χ2v) is 5.84. The van der Waals surface area contributed by atoms with Gasteiger partial charge in [-0.2, -0.15) is 0 Å². The zero-order valence-electron chi connectivity index (χ0n) is 15.4. The van der Waals surface area contributed by atoms with Crippen LogP contribution >= 0.6 is 0 Å². The molecule has 27 heavy (non-hydrogen) atoms. The molecule has 0 radical (unpaired) electrons. The average Bonchev–Trinajstić information content (AvgIpc) is 3.17. The van der Waals surface area contributed by atoms with E-state index in [-0.39, 0.29) is 11.7 Å². The van der Waals surface area contributed by atoms with Gasteiger partial charge in [0.05, 0.1) is 12.8 Å². The third-order valence-electron chi connectivity index (χ3n) is 3.97. The molecule has 7 heteroatoms. The lowest BCUT2D eigenvalue weighted by Crippen LogP contribution is -2.26. The van der Waals surface area contributed by atoms with Crippen LogP contribution in [0.15, 0.2) is 54.6 Å². The Labute approximate surface area is 158 Å². The van der Waals surface area contributed by atoms with E-state index in [0.717, 1.165) is 23.4 Å². The van der Waals surface area contributed by atoms with Crippen LogP contribution in [-0.2, 0) is 4.74 Å². The lowest BCUT2D eigenvalue weighted by atomic mass is 10.2. The van der Waals surface area contributed by atoms with E-state index < -0.39 is 0 Å². The Morgan fingerprint density at radius 2 is 1.81 bits per heavy atom. The van der Waals surface area contributed by atoms with Crippen molar-refractivity contribution < 1.29 is 14.3 Å². The number of carbonyl (C=O) groups is 1. The maximum absolute atomic E-state index is 12.4. The summed E-state index contributed by atoms with van der Waals surface area (Å²) in [6, 6.07) is 17.1. The summed E-state index contributed by atoms with van der Waals surface area (Å²) in [5.74, 6) is 1.16. The highest BCUT2D eigenvalue weighted by Crippen LogP contribution is 2.22. The van der Waals surface area contributed by atoms with Crippen LogP contribution in [0.1, 0.15) is 17.0 Å². The Balaban J connectivity index is 1.92. The van der Waals surface area contributed by atoms with Crippen LogP contribution in [0.2, 0.25) is 0 Å². The minimum absolute atomic E-state index is 0.127. The van der Waals surface area contributed by atoms with Crippen LogP contribution in [0, 0.1) is 0 Å². The molecule has 0 atom stereocenters. The maximum atomic E-state index is 12.4. The van der Waals surface area contributed by atoms with Crippen molar-refractivity contribution in [3.63, 3.8) is 0 Å². The van der Waals surface area contributed by atoms with Crippen LogP contribution < -0.4 is 10.1 Å². The van der Waals surface area contributed by atoms with E-state index in [1.54, 1.807) is 18.9 Å². The molecule has 1 aromatic heterocycles. The van der Waals surface area contributed by atoms with Crippen LogP contribution in [0.3, 0.4) is 0 Å². The van der Waals surface area contributed by atoms with Gasteiger partial charge in [-0.15, -0.1) is 5.10 Å². The number of carbonyl (C=O) groups excluding carboxylic acids is 1. The predicted molar refractivity (Wildman–Crippen MR) is 102 cm³/mol. The Kier molecular flexibility index (Phi) is 6.17. The molecule has 0 saturated carbocycles. The van der Waals surface area contributed by atoms with Gasteiger partial charge in [0.1, 0.15) is 5.75 Å². The summed E-state index contributed by atoms with van der Waals surface area (Å²) < 4.78 is 11.9. The highest BCUT2D eigenvalue weighted by Gasteiger charge is 2.18. The van der Waals surface area contributed by atoms with Gasteiger partial charge in [0.2, 0.25) is 5.82 Å². The minimum atomic E-state index is -0.310. The fourth-order valence-corrected chi connectivity index (χ4v) is 2.58. The molecule has 1 N–H and O–H groups in total. The largest absolute Gasteiger partial charge is 0.497 e. The van der Waals surface area contributed by atoms with E-state index in [1.807, 2.05) is 54.6 Å². The fraction of sp³-hybridized carbons (Fsp3) is 0.250. The third-order valence-corrected chi connectivity index (χ3v) is 3.97. The van der Waals surface area contributed by atoms with Crippen LogP contribution in [0.25, 0.3) is 17.1 Å². The topological polar surface area (TPSA) is 78.3 Å². The van der Waals surface area contributed by atoms with Crippen molar-refractivity contribution in [2.24, 2.45) is 0 Å². The molecule has 140 valence electrons. The maximum Gasteiger partial charge on any atom is 0.290 e. The summed E-state index contributed by atoms with van der Waals surface area (Å²) in [4.78, 5) is 16.9. The Morgan fingerprint density at radius 1 is 1.07 bits per heavy atom. The second-order valence-electron chi connectivity index (χ2n) is 5.84. The lowest BCUT2D eigenvalue weighted by molar-refractivity contribution is 0.0938. The van der Waals surface area contributed by atoms with Crippen molar-refractivity contribution in [3.05, 3.63) is 60.4 Å². The molecular weight excluding hydrogens is 344 g/mol. The second kappa shape index (κ2) is 8.95. The molecule has 0 spiro atoms. The smallest absolute Gasteiger partial charge is 0.290 e. The first kappa shape index (κ1) is 18.6. The van der Waals surface area contributed by atoms with Gasteiger partial charge in [-0.25, -0.2) is 9.67 Å². The Hall–Kier alpha value is -3.19. The minimum Gasteiger partial charge on any atom is -0.497 e. The molecule has 3 rings (SSSR count). The lowest BCUT2D eigenvalue weighted by Gasteiger charge is -2.07. The molecule has 0 saturated heterocycles. The van der Waals surface area contributed by atoms with E-state index in [2.05, 4.69) is 15.4 Å². The number of ether oxygens (including phenoxy) is 2. The van der Waals surface area contributed by atoms with Crippen molar-refractivity contribution in [3.8, 4) is 22.8 Å². The monoisotopic (exact) mass is 366 g/mol. The summed E-state index contributed by atoms with van der Waals surface area (Å²) in [7, 11) is 3.25. The number of nitrogens with one attached hydrogen (secondary N) is 1. The average molecular weight is 366 g/mol. The molecule has 0 unspecified atom stereocenters. The summed E-state index contributed by atoms with van der Waals surface area (Å²) in [6.07, 6.45) is 0.729. The van der Waals surface area contributed by atoms with Gasteiger partial charge in [0.15, 0.2) is 5.82 Å². The number of nitrogens with zero attached hydrogens (tertiary/aromatic N) is 3. The fourth-order valence-electron chi connectivity index (χ4n) is 2.58.